The molecule has 4 amide bonds. The van der Waals surface area contributed by atoms with Crippen molar-refractivity contribution in [1.29, 1.82) is 0 Å². The summed E-state index contributed by atoms with van der Waals surface area (Å²) in [5, 5.41) is 14.7. The Morgan fingerprint density at radius 2 is 2.05 bits per heavy atom. The van der Waals surface area contributed by atoms with Crippen molar-refractivity contribution < 1.29 is 14.4 Å². The van der Waals surface area contributed by atoms with Crippen molar-refractivity contribution in [2.45, 2.75) is 26.4 Å². The molecule has 5 N–H and O–H groups in total. The first kappa shape index (κ1) is 16.6. The second kappa shape index (κ2) is 8.64. The molecule has 10 heteroatoms. The highest BCUT2D eigenvalue weighted by atomic mass is 16.2. The molecular formula is C11H19N7O3. The van der Waals surface area contributed by atoms with E-state index in [4.69, 9.17) is 5.73 Å². The van der Waals surface area contributed by atoms with E-state index >= 15 is 0 Å². The number of nitrogens with two attached hydrogens (primary N) is 1. The Bertz CT molecular complexity index is 500. The number of carbonyl (C=O) groups excluding carboxylic acids is 3. The summed E-state index contributed by atoms with van der Waals surface area (Å²) in [6.45, 7) is 2.32. The minimum Gasteiger partial charge on any atom is -0.349 e. The van der Waals surface area contributed by atoms with Crippen LogP contribution in [0.15, 0.2) is 6.20 Å². The standard InChI is InChI=1S/C11H19N7O3/c1-2-3-13-11(21)15-10(20)7-18-6-8(16-17-18)5-14-9(19)4-12/h6H,2-5,7,12H2,1H3,(H,14,19)(H2,13,15,20,21). The van der Waals surface area contributed by atoms with E-state index in [1.807, 2.05) is 6.92 Å². The van der Waals surface area contributed by atoms with Crippen molar-refractivity contribution in [3.63, 3.8) is 0 Å². The molecule has 0 saturated heterocycles. The van der Waals surface area contributed by atoms with Crippen LogP contribution in [0, 0.1) is 0 Å². The second-order valence-electron chi connectivity index (χ2n) is 4.19. The van der Waals surface area contributed by atoms with Crippen molar-refractivity contribution in [2.75, 3.05) is 13.1 Å². The average molecular weight is 297 g/mol. The van der Waals surface area contributed by atoms with Crippen LogP contribution in [0.2, 0.25) is 0 Å². The van der Waals surface area contributed by atoms with Crippen molar-refractivity contribution >= 4 is 17.8 Å². The molecular weight excluding hydrogens is 278 g/mol. The summed E-state index contributed by atoms with van der Waals surface area (Å²) in [4.78, 5) is 33.8. The fourth-order valence-corrected chi connectivity index (χ4v) is 1.35. The van der Waals surface area contributed by atoms with Gasteiger partial charge < -0.3 is 16.4 Å². The zero-order valence-corrected chi connectivity index (χ0v) is 11.8. The molecule has 0 saturated carbocycles. The fraction of sp³-hybridized carbons (Fsp3) is 0.545. The number of carbonyl (C=O) groups is 3. The molecule has 0 aliphatic heterocycles. The van der Waals surface area contributed by atoms with Gasteiger partial charge >= 0.3 is 6.03 Å². The third-order valence-electron chi connectivity index (χ3n) is 2.33. The third kappa shape index (κ3) is 6.47. The van der Waals surface area contributed by atoms with E-state index in [0.29, 0.717) is 12.2 Å². The average Bonchev–Trinajstić information content (AvgIpc) is 2.89. The van der Waals surface area contributed by atoms with Crippen LogP contribution in [0.1, 0.15) is 19.0 Å². The number of nitrogens with one attached hydrogen (secondary N) is 3. The van der Waals surface area contributed by atoms with Gasteiger partial charge in [0.25, 0.3) is 0 Å². The molecule has 0 unspecified atom stereocenters. The Kier molecular flexibility index (Phi) is 6.81. The van der Waals surface area contributed by atoms with Crippen LogP contribution in [0.5, 0.6) is 0 Å². The fourth-order valence-electron chi connectivity index (χ4n) is 1.35. The predicted molar refractivity (Wildman–Crippen MR) is 72.8 cm³/mol. The maximum absolute atomic E-state index is 11.6. The molecule has 1 aromatic heterocycles. The van der Waals surface area contributed by atoms with Gasteiger partial charge in [-0.2, -0.15) is 0 Å². The highest BCUT2D eigenvalue weighted by Gasteiger charge is 2.09. The summed E-state index contributed by atoms with van der Waals surface area (Å²) in [6.07, 6.45) is 2.28. The third-order valence-corrected chi connectivity index (χ3v) is 2.33. The summed E-state index contributed by atoms with van der Waals surface area (Å²) in [6, 6.07) is -0.544. The van der Waals surface area contributed by atoms with E-state index in [1.165, 1.54) is 10.9 Å². The van der Waals surface area contributed by atoms with Gasteiger partial charge in [-0.1, -0.05) is 12.1 Å². The van der Waals surface area contributed by atoms with Gasteiger partial charge in [0.1, 0.15) is 12.2 Å². The van der Waals surface area contributed by atoms with Crippen LogP contribution >= 0.6 is 0 Å². The van der Waals surface area contributed by atoms with E-state index in [-0.39, 0.29) is 25.5 Å². The van der Waals surface area contributed by atoms with E-state index in [2.05, 4.69) is 26.3 Å². The Labute approximate surface area is 121 Å². The number of aromatic nitrogens is 3. The van der Waals surface area contributed by atoms with Crippen molar-refractivity contribution in [1.82, 2.24) is 30.9 Å². The maximum Gasteiger partial charge on any atom is 0.321 e. The van der Waals surface area contributed by atoms with Crippen LogP contribution in [-0.4, -0.2) is 45.9 Å². The van der Waals surface area contributed by atoms with Crippen LogP contribution in [0.3, 0.4) is 0 Å². The lowest BCUT2D eigenvalue weighted by Gasteiger charge is -2.05. The molecule has 0 radical (unpaired) electrons. The maximum atomic E-state index is 11.6. The zero-order valence-electron chi connectivity index (χ0n) is 11.8. The predicted octanol–water partition coefficient (Wildman–Crippen LogP) is -1.91. The molecule has 0 spiro atoms. The van der Waals surface area contributed by atoms with Gasteiger partial charge in [0.15, 0.2) is 0 Å². The lowest BCUT2D eigenvalue weighted by Crippen LogP contribution is -2.41. The minimum absolute atomic E-state index is 0.108. The second-order valence-corrected chi connectivity index (χ2v) is 4.19. The molecule has 1 rings (SSSR count). The van der Waals surface area contributed by atoms with Gasteiger partial charge in [-0.3, -0.25) is 14.9 Å². The first-order chi connectivity index (χ1) is 10.0. The van der Waals surface area contributed by atoms with Crippen molar-refractivity contribution in [3.8, 4) is 0 Å². The largest absolute Gasteiger partial charge is 0.349 e. The Hall–Kier alpha value is -2.49. The number of amides is 4. The molecule has 116 valence electrons. The summed E-state index contributed by atoms with van der Waals surface area (Å²) in [7, 11) is 0. The lowest BCUT2D eigenvalue weighted by atomic mass is 10.4. The molecule has 0 aliphatic rings. The summed E-state index contributed by atoms with van der Waals surface area (Å²) < 4.78 is 1.27. The molecule has 21 heavy (non-hydrogen) atoms. The normalized spacial score (nSPS) is 10.0. The van der Waals surface area contributed by atoms with Gasteiger partial charge in [-0.15, -0.1) is 5.10 Å². The Morgan fingerprint density at radius 3 is 2.71 bits per heavy atom. The van der Waals surface area contributed by atoms with E-state index in [0.717, 1.165) is 6.42 Å². The number of imide groups is 1. The molecule has 1 aromatic rings. The van der Waals surface area contributed by atoms with Crippen LogP contribution in [0.4, 0.5) is 4.79 Å². The van der Waals surface area contributed by atoms with Crippen molar-refractivity contribution in [3.05, 3.63) is 11.9 Å². The quantitative estimate of drug-likeness (QED) is 0.462. The topological polar surface area (TPSA) is 144 Å². The number of urea groups is 1. The van der Waals surface area contributed by atoms with Gasteiger partial charge in [0.2, 0.25) is 11.8 Å². The molecule has 0 aromatic carbocycles. The van der Waals surface area contributed by atoms with E-state index in [1.54, 1.807) is 0 Å². The number of rotatable bonds is 7. The smallest absolute Gasteiger partial charge is 0.321 e. The molecule has 0 atom stereocenters. The van der Waals surface area contributed by atoms with Crippen molar-refractivity contribution in [2.24, 2.45) is 5.73 Å². The highest BCUT2D eigenvalue weighted by Crippen LogP contribution is 1.92. The van der Waals surface area contributed by atoms with Gasteiger partial charge in [0.05, 0.1) is 19.3 Å². The van der Waals surface area contributed by atoms with Crippen LogP contribution < -0.4 is 21.7 Å². The summed E-state index contributed by atoms with van der Waals surface area (Å²) >= 11 is 0. The Morgan fingerprint density at radius 1 is 1.29 bits per heavy atom. The molecule has 10 nitrogen and oxygen atoms in total. The van der Waals surface area contributed by atoms with Gasteiger partial charge in [-0.25, -0.2) is 9.48 Å². The highest BCUT2D eigenvalue weighted by molar-refractivity contribution is 5.94. The molecule has 0 fully saturated rings. The number of hydrogen-bond donors (Lipinski definition) is 4. The minimum atomic E-state index is -0.544. The Balaban J connectivity index is 2.38. The first-order valence-corrected chi connectivity index (χ1v) is 6.48. The van der Waals surface area contributed by atoms with Crippen LogP contribution in [-0.2, 0) is 22.7 Å². The number of nitrogens with zero attached hydrogens (tertiary/aromatic N) is 3. The molecule has 0 bridgehead atoms. The van der Waals surface area contributed by atoms with Gasteiger partial charge in [0, 0.05) is 6.54 Å². The molecule has 0 aliphatic carbocycles. The summed E-state index contributed by atoms with van der Waals surface area (Å²) in [5.74, 6) is -0.819. The van der Waals surface area contributed by atoms with E-state index < -0.39 is 11.9 Å². The first-order valence-electron chi connectivity index (χ1n) is 6.48. The summed E-state index contributed by atoms with van der Waals surface area (Å²) in [5.41, 5.74) is 5.63. The lowest BCUT2D eigenvalue weighted by molar-refractivity contribution is -0.121. The van der Waals surface area contributed by atoms with E-state index in [9.17, 15) is 14.4 Å². The zero-order chi connectivity index (χ0) is 15.7. The monoisotopic (exact) mass is 297 g/mol. The number of hydrogen-bond acceptors (Lipinski definition) is 6. The SMILES string of the molecule is CCCNC(=O)NC(=O)Cn1cc(CNC(=O)CN)nn1. The van der Waals surface area contributed by atoms with Gasteiger partial charge in [-0.05, 0) is 6.42 Å². The molecule has 1 heterocycles. The van der Waals surface area contributed by atoms with Crippen LogP contribution in [0.25, 0.3) is 0 Å².